The molecule has 3 heterocycles. The van der Waals surface area contributed by atoms with Gasteiger partial charge in [-0.25, -0.2) is 15.0 Å². The Labute approximate surface area is 181 Å². The summed E-state index contributed by atoms with van der Waals surface area (Å²) in [6.45, 7) is 7.66. The van der Waals surface area contributed by atoms with Crippen molar-refractivity contribution in [2.24, 2.45) is 0 Å². The van der Waals surface area contributed by atoms with Crippen LogP contribution in [0, 0.1) is 20.8 Å². The number of hydrogen-bond acceptors (Lipinski definition) is 7. The van der Waals surface area contributed by atoms with E-state index in [1.165, 1.54) is 22.4 Å². The van der Waals surface area contributed by atoms with Crippen molar-refractivity contribution in [1.29, 1.82) is 0 Å². The molecule has 1 unspecified atom stereocenters. The van der Waals surface area contributed by atoms with Gasteiger partial charge in [-0.05, 0) is 69.4 Å². The minimum Gasteiger partial charge on any atom is -0.353 e. The Bertz CT molecular complexity index is 978. The summed E-state index contributed by atoms with van der Waals surface area (Å²) in [6, 6.07) is 8.23. The average molecular weight is 425 g/mol. The molecule has 3 aromatic rings. The maximum Gasteiger partial charge on any atom is 0.227 e. The molecule has 0 spiro atoms. The molecule has 7 heteroatoms. The zero-order chi connectivity index (χ0) is 20.9. The van der Waals surface area contributed by atoms with Crippen LogP contribution in [-0.2, 0) is 15.9 Å². The summed E-state index contributed by atoms with van der Waals surface area (Å²) in [5.74, 6) is 0.574. The highest BCUT2D eigenvalue weighted by Gasteiger charge is 2.16. The van der Waals surface area contributed by atoms with Crippen molar-refractivity contribution in [2.45, 2.75) is 52.7 Å². The van der Waals surface area contributed by atoms with Gasteiger partial charge in [0.1, 0.15) is 10.7 Å². The van der Waals surface area contributed by atoms with Crippen molar-refractivity contribution in [2.75, 3.05) is 18.5 Å². The molecule has 30 heavy (non-hydrogen) atoms. The molecular weight excluding hydrogens is 396 g/mol. The number of nitrogens with zero attached hydrogens (tertiary/aromatic N) is 3. The summed E-state index contributed by atoms with van der Waals surface area (Å²) in [6.07, 6.45) is 5.86. The van der Waals surface area contributed by atoms with E-state index < -0.39 is 0 Å². The fourth-order valence-corrected chi connectivity index (χ4v) is 4.62. The number of thiazole rings is 1. The van der Waals surface area contributed by atoms with Crippen molar-refractivity contribution in [1.82, 2.24) is 15.0 Å². The van der Waals surface area contributed by atoms with Crippen LogP contribution in [0.2, 0.25) is 0 Å². The minimum atomic E-state index is -0.0489. The second-order valence-electron chi connectivity index (χ2n) is 7.71. The van der Waals surface area contributed by atoms with Gasteiger partial charge in [0, 0.05) is 29.8 Å². The zero-order valence-electron chi connectivity index (χ0n) is 17.8. The molecule has 2 aromatic heterocycles. The van der Waals surface area contributed by atoms with Crippen LogP contribution in [0.5, 0.6) is 0 Å². The number of aryl methyl sites for hydroxylation is 3. The maximum atomic E-state index is 5.88. The van der Waals surface area contributed by atoms with Crippen molar-refractivity contribution in [3.63, 3.8) is 0 Å². The van der Waals surface area contributed by atoms with Crippen LogP contribution in [0.15, 0.2) is 30.5 Å². The minimum absolute atomic E-state index is 0.0489. The smallest absolute Gasteiger partial charge is 0.227 e. The lowest BCUT2D eigenvalue weighted by Crippen LogP contribution is -2.23. The summed E-state index contributed by atoms with van der Waals surface area (Å²) < 4.78 is 11.5. The van der Waals surface area contributed by atoms with Crippen LogP contribution in [0.1, 0.15) is 41.0 Å². The molecule has 4 rings (SSSR count). The lowest BCUT2D eigenvalue weighted by atomic mass is 10.1. The van der Waals surface area contributed by atoms with Crippen LogP contribution in [0.4, 0.5) is 11.6 Å². The third-order valence-corrected chi connectivity index (χ3v) is 6.26. The van der Waals surface area contributed by atoms with Gasteiger partial charge in [-0.15, -0.1) is 11.3 Å². The Balaban J connectivity index is 1.42. The van der Waals surface area contributed by atoms with E-state index in [0.29, 0.717) is 12.6 Å². The van der Waals surface area contributed by atoms with Gasteiger partial charge in [-0.1, -0.05) is 6.07 Å². The monoisotopic (exact) mass is 424 g/mol. The van der Waals surface area contributed by atoms with Crippen LogP contribution in [-0.4, -0.2) is 34.5 Å². The molecule has 0 bridgehead atoms. The molecule has 0 amide bonds. The van der Waals surface area contributed by atoms with E-state index >= 15 is 0 Å². The molecule has 6 nitrogen and oxygen atoms in total. The fraction of sp³-hybridized carbons (Fsp3) is 0.435. The number of ether oxygens (including phenoxy) is 2. The number of nitrogens with one attached hydrogen (secondary N) is 1. The van der Waals surface area contributed by atoms with Gasteiger partial charge >= 0.3 is 0 Å². The van der Waals surface area contributed by atoms with Crippen LogP contribution < -0.4 is 5.32 Å². The molecule has 1 N–H and O–H groups in total. The van der Waals surface area contributed by atoms with E-state index in [4.69, 9.17) is 14.5 Å². The normalized spacial score (nSPS) is 16.6. The Kier molecular flexibility index (Phi) is 6.72. The van der Waals surface area contributed by atoms with Gasteiger partial charge in [0.05, 0.1) is 12.3 Å². The molecule has 0 aliphatic carbocycles. The Morgan fingerprint density at radius 3 is 2.73 bits per heavy atom. The third kappa shape index (κ3) is 5.41. The molecule has 1 saturated heterocycles. The van der Waals surface area contributed by atoms with Crippen molar-refractivity contribution >= 4 is 23.0 Å². The lowest BCUT2D eigenvalue weighted by Gasteiger charge is -2.22. The molecule has 0 saturated carbocycles. The van der Waals surface area contributed by atoms with Gasteiger partial charge in [0.25, 0.3) is 0 Å². The highest BCUT2D eigenvalue weighted by molar-refractivity contribution is 7.15. The second-order valence-corrected chi connectivity index (χ2v) is 8.80. The highest BCUT2D eigenvalue weighted by Crippen LogP contribution is 2.28. The zero-order valence-corrected chi connectivity index (χ0v) is 18.6. The number of benzene rings is 1. The van der Waals surface area contributed by atoms with Crippen molar-refractivity contribution in [3.8, 4) is 10.7 Å². The van der Waals surface area contributed by atoms with E-state index in [9.17, 15) is 0 Å². The van der Waals surface area contributed by atoms with Gasteiger partial charge < -0.3 is 14.8 Å². The van der Waals surface area contributed by atoms with E-state index in [2.05, 4.69) is 47.3 Å². The summed E-state index contributed by atoms with van der Waals surface area (Å²) >= 11 is 1.67. The van der Waals surface area contributed by atoms with Crippen molar-refractivity contribution < 1.29 is 9.47 Å². The Morgan fingerprint density at radius 2 is 1.97 bits per heavy atom. The van der Waals surface area contributed by atoms with Crippen LogP contribution >= 0.6 is 11.3 Å². The number of aromatic nitrogens is 3. The largest absolute Gasteiger partial charge is 0.353 e. The molecule has 1 atom stereocenters. The Hall–Kier alpha value is -2.35. The van der Waals surface area contributed by atoms with Crippen LogP contribution in [0.25, 0.3) is 10.7 Å². The first-order chi connectivity index (χ1) is 14.6. The predicted octanol–water partition coefficient (Wildman–Crippen LogP) is 5.35. The topological polar surface area (TPSA) is 69.2 Å². The number of hydrogen-bond donors (Lipinski definition) is 1. The molecule has 1 aliphatic heterocycles. The summed E-state index contributed by atoms with van der Waals surface area (Å²) in [5, 5.41) is 4.21. The molecule has 158 valence electrons. The van der Waals surface area contributed by atoms with Gasteiger partial charge in [-0.3, -0.25) is 0 Å². The second kappa shape index (κ2) is 9.64. The molecule has 1 aromatic carbocycles. The first-order valence-corrected chi connectivity index (χ1v) is 11.3. The lowest BCUT2D eigenvalue weighted by molar-refractivity contribution is -0.161. The number of rotatable bonds is 7. The van der Waals surface area contributed by atoms with Gasteiger partial charge in [0.15, 0.2) is 6.29 Å². The van der Waals surface area contributed by atoms with Crippen LogP contribution in [0.3, 0.4) is 0 Å². The van der Waals surface area contributed by atoms with E-state index in [1.54, 1.807) is 17.5 Å². The number of anilines is 2. The quantitative estimate of drug-likeness (QED) is 0.551. The average Bonchev–Trinajstić information content (AvgIpc) is 3.09. The first kappa shape index (κ1) is 20.9. The van der Waals surface area contributed by atoms with Gasteiger partial charge in [0.2, 0.25) is 5.95 Å². The summed E-state index contributed by atoms with van der Waals surface area (Å²) in [4.78, 5) is 15.0. The highest BCUT2D eigenvalue weighted by atomic mass is 32.1. The van der Waals surface area contributed by atoms with Crippen molar-refractivity contribution in [3.05, 3.63) is 52.2 Å². The molecule has 1 aliphatic rings. The van der Waals surface area contributed by atoms with E-state index in [-0.39, 0.29) is 6.29 Å². The van der Waals surface area contributed by atoms with Gasteiger partial charge in [-0.2, -0.15) is 0 Å². The predicted molar refractivity (Wildman–Crippen MR) is 120 cm³/mol. The third-order valence-electron chi connectivity index (χ3n) is 5.02. The Morgan fingerprint density at radius 1 is 1.13 bits per heavy atom. The molecular formula is C23H28N4O2S. The molecule has 1 fully saturated rings. The first-order valence-electron chi connectivity index (χ1n) is 10.4. The summed E-state index contributed by atoms with van der Waals surface area (Å²) in [5.41, 5.74) is 5.26. The van der Waals surface area contributed by atoms with E-state index in [0.717, 1.165) is 48.0 Å². The van der Waals surface area contributed by atoms with E-state index in [1.807, 2.05) is 13.0 Å². The fourth-order valence-electron chi connectivity index (χ4n) is 3.61. The maximum absolute atomic E-state index is 5.88. The SMILES string of the molecule is Cc1cc(C)cc(Nc2nccc(-c3nc(C)c(CCOC4CCCCO4)s3)n2)c1. The standard InChI is InChI=1S/C23H28N4O2S/c1-15-12-16(2)14-18(13-15)26-23-24-9-7-19(27-23)22-25-17(3)20(30-22)8-11-29-21-6-4-5-10-28-21/h7,9,12-14,21H,4-6,8,10-11H2,1-3H3,(H,24,26,27). The summed E-state index contributed by atoms with van der Waals surface area (Å²) in [7, 11) is 0. The molecule has 0 radical (unpaired) electrons.